The molecule has 2 rings (SSSR count). The first-order valence-electron chi connectivity index (χ1n) is 8.96. The normalized spacial score (nSPS) is 15.9. The quantitative estimate of drug-likeness (QED) is 0.804. The van der Waals surface area contributed by atoms with Gasteiger partial charge in [-0.2, -0.15) is 0 Å². The number of benzene rings is 1. The minimum absolute atomic E-state index is 0.0431. The van der Waals surface area contributed by atoms with Crippen LogP contribution in [-0.4, -0.2) is 45.1 Å². The summed E-state index contributed by atoms with van der Waals surface area (Å²) in [6.45, 7) is 7.94. The predicted octanol–water partition coefficient (Wildman–Crippen LogP) is 3.15. The number of sulfonamides is 1. The number of hydrogen-bond donors (Lipinski definition) is 0. The van der Waals surface area contributed by atoms with Crippen LogP contribution in [0.5, 0.6) is 0 Å². The van der Waals surface area contributed by atoms with Crippen molar-refractivity contribution in [3.63, 3.8) is 0 Å². The summed E-state index contributed by atoms with van der Waals surface area (Å²) in [5, 5.41) is 0. The first-order valence-corrected chi connectivity index (χ1v) is 10.8. The molecule has 0 aromatic heterocycles. The Morgan fingerprint density at radius 2 is 1.72 bits per heavy atom. The molecule has 25 heavy (non-hydrogen) atoms. The molecule has 1 aliphatic rings. The lowest BCUT2D eigenvalue weighted by molar-refractivity contribution is -0.131. The highest BCUT2D eigenvalue weighted by atomic mass is 32.2. The fourth-order valence-electron chi connectivity index (χ4n) is 3.29. The number of para-hydroxylation sites is 1. The zero-order valence-electron chi connectivity index (χ0n) is 15.8. The van der Waals surface area contributed by atoms with E-state index in [9.17, 15) is 13.2 Å². The van der Waals surface area contributed by atoms with E-state index in [-0.39, 0.29) is 24.3 Å². The van der Waals surface area contributed by atoms with Crippen molar-refractivity contribution < 1.29 is 13.2 Å². The average molecular weight is 367 g/mol. The Balaban J connectivity index is 2.22. The van der Waals surface area contributed by atoms with Gasteiger partial charge in [0.25, 0.3) is 0 Å². The Labute approximate surface area is 152 Å². The Kier molecular flexibility index (Phi) is 6.14. The number of rotatable bonds is 5. The topological polar surface area (TPSA) is 57.7 Å². The van der Waals surface area contributed by atoms with E-state index < -0.39 is 10.0 Å². The van der Waals surface area contributed by atoms with E-state index in [4.69, 9.17) is 0 Å². The molecule has 1 aromatic carbocycles. The first-order chi connectivity index (χ1) is 11.6. The standard InChI is InChI=1S/C19H30N2O3S/c1-19(2,3)16-10-6-7-11-17(16)21(25(4,23)24)15-12-18(22)20-13-8-5-9-14-20/h6-7,10-11H,5,8-9,12-15H2,1-4H3. The Morgan fingerprint density at radius 1 is 1.12 bits per heavy atom. The second-order valence-electron chi connectivity index (χ2n) is 7.79. The van der Waals surface area contributed by atoms with E-state index in [1.165, 1.54) is 10.6 Å². The number of likely N-dealkylation sites (tertiary alicyclic amines) is 1. The molecule has 1 fully saturated rings. The minimum Gasteiger partial charge on any atom is -0.343 e. The van der Waals surface area contributed by atoms with Crippen LogP contribution in [0.3, 0.4) is 0 Å². The number of piperidine rings is 1. The van der Waals surface area contributed by atoms with Crippen molar-refractivity contribution in [1.82, 2.24) is 4.90 Å². The van der Waals surface area contributed by atoms with Gasteiger partial charge in [-0.05, 0) is 36.3 Å². The smallest absolute Gasteiger partial charge is 0.232 e. The van der Waals surface area contributed by atoms with Crippen molar-refractivity contribution >= 4 is 21.6 Å². The fraction of sp³-hybridized carbons (Fsp3) is 0.632. The summed E-state index contributed by atoms with van der Waals surface area (Å²) in [4.78, 5) is 14.3. The molecule has 6 heteroatoms. The van der Waals surface area contributed by atoms with Crippen molar-refractivity contribution in [2.75, 3.05) is 30.2 Å². The van der Waals surface area contributed by atoms with Crippen molar-refractivity contribution in [3.8, 4) is 0 Å². The summed E-state index contributed by atoms with van der Waals surface area (Å²) in [5.74, 6) is 0.0431. The Hall–Kier alpha value is -1.56. The molecule has 1 heterocycles. The van der Waals surface area contributed by atoms with Crippen molar-refractivity contribution in [2.45, 2.75) is 51.9 Å². The molecule has 1 saturated heterocycles. The maximum atomic E-state index is 12.4. The van der Waals surface area contributed by atoms with Crippen molar-refractivity contribution in [3.05, 3.63) is 29.8 Å². The summed E-state index contributed by atoms with van der Waals surface area (Å²) >= 11 is 0. The maximum absolute atomic E-state index is 12.4. The van der Waals surface area contributed by atoms with Crippen LogP contribution in [0, 0.1) is 0 Å². The van der Waals surface area contributed by atoms with Gasteiger partial charge in [-0.1, -0.05) is 39.0 Å². The molecule has 5 nitrogen and oxygen atoms in total. The van der Waals surface area contributed by atoms with E-state index in [0.29, 0.717) is 5.69 Å². The summed E-state index contributed by atoms with van der Waals surface area (Å²) in [7, 11) is -3.46. The zero-order chi connectivity index (χ0) is 18.7. The number of hydrogen-bond acceptors (Lipinski definition) is 3. The summed E-state index contributed by atoms with van der Waals surface area (Å²) in [6.07, 6.45) is 4.66. The number of carbonyl (C=O) groups excluding carboxylic acids is 1. The Bertz CT molecular complexity index is 702. The van der Waals surface area contributed by atoms with E-state index in [2.05, 4.69) is 20.8 Å². The number of amides is 1. The molecule has 1 amide bonds. The van der Waals surface area contributed by atoms with Gasteiger partial charge >= 0.3 is 0 Å². The average Bonchev–Trinajstić information content (AvgIpc) is 2.54. The molecule has 0 bridgehead atoms. The van der Waals surface area contributed by atoms with Crippen molar-refractivity contribution in [2.24, 2.45) is 0 Å². The fourth-order valence-corrected chi connectivity index (χ4v) is 4.23. The lowest BCUT2D eigenvalue weighted by atomic mass is 9.86. The van der Waals surface area contributed by atoms with Gasteiger partial charge in [-0.3, -0.25) is 9.10 Å². The molecule has 1 aromatic rings. The van der Waals surface area contributed by atoms with Crippen LogP contribution < -0.4 is 4.31 Å². The second-order valence-corrected chi connectivity index (χ2v) is 9.70. The lowest BCUT2D eigenvalue weighted by Crippen LogP contribution is -2.39. The third-order valence-corrected chi connectivity index (χ3v) is 5.80. The highest BCUT2D eigenvalue weighted by Gasteiger charge is 2.27. The van der Waals surface area contributed by atoms with Crippen LogP contribution in [0.15, 0.2) is 24.3 Å². The summed E-state index contributed by atoms with van der Waals surface area (Å²) < 4.78 is 26.2. The van der Waals surface area contributed by atoms with Gasteiger partial charge in [0.2, 0.25) is 15.9 Å². The molecule has 1 aliphatic heterocycles. The molecule has 140 valence electrons. The molecule has 0 aliphatic carbocycles. The number of anilines is 1. The highest BCUT2D eigenvalue weighted by Crippen LogP contribution is 2.33. The van der Waals surface area contributed by atoms with Gasteiger partial charge in [0.1, 0.15) is 0 Å². The molecular weight excluding hydrogens is 336 g/mol. The highest BCUT2D eigenvalue weighted by molar-refractivity contribution is 7.92. The van der Waals surface area contributed by atoms with Gasteiger partial charge in [0.15, 0.2) is 0 Å². The van der Waals surface area contributed by atoms with E-state index in [1.807, 2.05) is 29.2 Å². The first kappa shape index (κ1) is 19.8. The van der Waals surface area contributed by atoms with Gasteiger partial charge in [-0.15, -0.1) is 0 Å². The molecule has 0 unspecified atom stereocenters. The third kappa shape index (κ3) is 5.21. The van der Waals surface area contributed by atoms with Gasteiger partial charge in [-0.25, -0.2) is 8.42 Å². The zero-order valence-corrected chi connectivity index (χ0v) is 16.6. The SMILES string of the molecule is CC(C)(C)c1ccccc1N(CCC(=O)N1CCCCC1)S(C)(=O)=O. The summed E-state index contributed by atoms with van der Waals surface area (Å²) in [6, 6.07) is 7.55. The maximum Gasteiger partial charge on any atom is 0.232 e. The van der Waals surface area contributed by atoms with Crippen LogP contribution in [0.1, 0.15) is 52.0 Å². The predicted molar refractivity (Wildman–Crippen MR) is 102 cm³/mol. The van der Waals surface area contributed by atoms with Gasteiger partial charge < -0.3 is 4.90 Å². The molecule has 0 spiro atoms. The minimum atomic E-state index is -3.46. The monoisotopic (exact) mass is 366 g/mol. The van der Waals surface area contributed by atoms with Crippen LogP contribution in [0.4, 0.5) is 5.69 Å². The second kappa shape index (κ2) is 7.77. The number of carbonyl (C=O) groups is 1. The van der Waals surface area contributed by atoms with E-state index in [1.54, 1.807) is 0 Å². The third-order valence-electron chi connectivity index (χ3n) is 4.62. The van der Waals surface area contributed by atoms with Crippen LogP contribution >= 0.6 is 0 Å². The van der Waals surface area contributed by atoms with Crippen LogP contribution in [0.2, 0.25) is 0 Å². The molecule has 0 radical (unpaired) electrons. The summed E-state index contributed by atoms with van der Waals surface area (Å²) in [5.41, 5.74) is 1.45. The molecule has 0 N–H and O–H groups in total. The lowest BCUT2D eigenvalue weighted by Gasteiger charge is -2.31. The molecule has 0 atom stereocenters. The van der Waals surface area contributed by atoms with Crippen molar-refractivity contribution in [1.29, 1.82) is 0 Å². The number of nitrogens with zero attached hydrogens (tertiary/aromatic N) is 2. The molecular formula is C19H30N2O3S. The van der Waals surface area contributed by atoms with Crippen LogP contribution in [-0.2, 0) is 20.2 Å². The van der Waals surface area contributed by atoms with E-state index in [0.717, 1.165) is 37.9 Å². The van der Waals surface area contributed by atoms with Gasteiger partial charge in [0.05, 0.1) is 11.9 Å². The Morgan fingerprint density at radius 3 is 2.28 bits per heavy atom. The largest absolute Gasteiger partial charge is 0.343 e. The van der Waals surface area contributed by atoms with Gasteiger partial charge in [0, 0.05) is 26.1 Å². The van der Waals surface area contributed by atoms with Crippen LogP contribution in [0.25, 0.3) is 0 Å². The van der Waals surface area contributed by atoms with E-state index >= 15 is 0 Å². The molecule has 0 saturated carbocycles.